The lowest BCUT2D eigenvalue weighted by atomic mass is 10.1. The third-order valence-electron chi connectivity index (χ3n) is 4.92. The minimum Gasteiger partial charge on any atom is -0.493 e. The number of benzene rings is 3. The summed E-state index contributed by atoms with van der Waals surface area (Å²) in [6.45, 7) is 0.431. The van der Waals surface area contributed by atoms with E-state index in [4.69, 9.17) is 26.1 Å². The summed E-state index contributed by atoms with van der Waals surface area (Å²) in [6, 6.07) is 20.7. The van der Waals surface area contributed by atoms with Gasteiger partial charge < -0.3 is 14.8 Å². The van der Waals surface area contributed by atoms with Crippen LogP contribution in [-0.4, -0.2) is 25.1 Å². The van der Waals surface area contributed by atoms with Crippen molar-refractivity contribution in [2.75, 3.05) is 14.2 Å². The van der Waals surface area contributed by atoms with Gasteiger partial charge in [-0.2, -0.15) is 0 Å². The molecule has 0 aliphatic heterocycles. The van der Waals surface area contributed by atoms with Gasteiger partial charge in [-0.05, 0) is 42.0 Å². The van der Waals surface area contributed by atoms with E-state index in [2.05, 4.69) is 5.32 Å². The third-order valence-corrected chi connectivity index (χ3v) is 6.05. The van der Waals surface area contributed by atoms with Crippen LogP contribution in [0.25, 0.3) is 21.8 Å². The highest BCUT2D eigenvalue weighted by atomic mass is 35.5. The second-order valence-corrected chi connectivity index (χ2v) is 8.29. The molecule has 0 spiro atoms. The van der Waals surface area contributed by atoms with Crippen LogP contribution in [0.2, 0.25) is 5.02 Å². The molecule has 1 N–H and O–H groups in total. The number of thiazole rings is 1. The molecule has 32 heavy (non-hydrogen) atoms. The summed E-state index contributed by atoms with van der Waals surface area (Å²) in [6.07, 6.45) is 0. The highest BCUT2D eigenvalue weighted by Crippen LogP contribution is 2.34. The second kappa shape index (κ2) is 9.85. The molecule has 1 heterocycles. The van der Waals surface area contributed by atoms with Gasteiger partial charge in [0, 0.05) is 33.6 Å². The molecule has 4 aromatic rings. The molecule has 162 valence electrons. The number of carbonyl (C=O) groups excluding carboxylic acids is 1. The highest BCUT2D eigenvalue weighted by molar-refractivity contribution is 7.13. The van der Waals surface area contributed by atoms with Crippen molar-refractivity contribution in [3.8, 4) is 33.3 Å². The number of rotatable bonds is 7. The standard InChI is InChI=1S/C25H21ClN2O3S/c1-30-22-11-10-18(13-23(22)31-2)21-15-32-25(28-21)17-8-6-16(7-9-17)14-27-24(29)19-4-3-5-20(26)12-19/h3-13,15H,14H2,1-2H3,(H,27,29). The summed E-state index contributed by atoms with van der Waals surface area (Å²) in [5.41, 5.74) is 4.40. The van der Waals surface area contributed by atoms with Crippen LogP contribution in [0.3, 0.4) is 0 Å². The molecule has 0 unspecified atom stereocenters. The number of amides is 1. The van der Waals surface area contributed by atoms with E-state index in [1.807, 2.05) is 47.8 Å². The molecule has 0 aliphatic carbocycles. The number of ether oxygens (including phenoxy) is 2. The third kappa shape index (κ3) is 4.93. The number of halogens is 1. The van der Waals surface area contributed by atoms with E-state index in [-0.39, 0.29) is 5.91 Å². The number of nitrogens with one attached hydrogen (secondary N) is 1. The summed E-state index contributed by atoms with van der Waals surface area (Å²) in [5, 5.41) is 6.40. The summed E-state index contributed by atoms with van der Waals surface area (Å²) in [4.78, 5) is 17.1. The maximum atomic E-state index is 12.3. The predicted molar refractivity (Wildman–Crippen MR) is 129 cm³/mol. The summed E-state index contributed by atoms with van der Waals surface area (Å²) < 4.78 is 10.7. The Balaban J connectivity index is 1.44. The lowest BCUT2D eigenvalue weighted by Crippen LogP contribution is -2.22. The van der Waals surface area contributed by atoms with Gasteiger partial charge in [-0.1, -0.05) is 41.9 Å². The Kier molecular flexibility index (Phi) is 6.73. The van der Waals surface area contributed by atoms with Crippen LogP contribution in [0.5, 0.6) is 11.5 Å². The zero-order valence-corrected chi connectivity index (χ0v) is 19.2. The largest absolute Gasteiger partial charge is 0.493 e. The fourth-order valence-electron chi connectivity index (χ4n) is 3.21. The fraction of sp³-hybridized carbons (Fsp3) is 0.120. The van der Waals surface area contributed by atoms with Gasteiger partial charge in [-0.25, -0.2) is 4.98 Å². The van der Waals surface area contributed by atoms with Gasteiger partial charge in [0.2, 0.25) is 0 Å². The molecule has 7 heteroatoms. The van der Waals surface area contributed by atoms with E-state index in [0.717, 1.165) is 27.4 Å². The van der Waals surface area contributed by atoms with Crippen LogP contribution in [0.15, 0.2) is 72.1 Å². The molecule has 3 aromatic carbocycles. The summed E-state index contributed by atoms with van der Waals surface area (Å²) in [5.74, 6) is 1.20. The maximum Gasteiger partial charge on any atom is 0.251 e. The van der Waals surface area contributed by atoms with Crippen LogP contribution in [0.1, 0.15) is 15.9 Å². The van der Waals surface area contributed by atoms with Gasteiger partial charge in [0.1, 0.15) is 5.01 Å². The molecule has 1 amide bonds. The molecule has 0 saturated heterocycles. The van der Waals surface area contributed by atoms with Crippen molar-refractivity contribution in [2.24, 2.45) is 0 Å². The Hall–Kier alpha value is -3.35. The molecular formula is C25H21ClN2O3S. The first kappa shape index (κ1) is 21.9. The minimum atomic E-state index is -0.156. The van der Waals surface area contributed by atoms with E-state index >= 15 is 0 Å². The van der Waals surface area contributed by atoms with Gasteiger partial charge in [0.05, 0.1) is 19.9 Å². The monoisotopic (exact) mass is 464 g/mol. The van der Waals surface area contributed by atoms with E-state index in [1.54, 1.807) is 49.8 Å². The van der Waals surface area contributed by atoms with Gasteiger partial charge >= 0.3 is 0 Å². The number of hydrogen-bond donors (Lipinski definition) is 1. The van der Waals surface area contributed by atoms with Gasteiger partial charge in [0.25, 0.3) is 5.91 Å². The molecular weight excluding hydrogens is 444 g/mol. The van der Waals surface area contributed by atoms with Gasteiger partial charge in [-0.15, -0.1) is 11.3 Å². The number of aromatic nitrogens is 1. The first-order valence-electron chi connectivity index (χ1n) is 9.88. The van der Waals surface area contributed by atoms with Crippen LogP contribution in [-0.2, 0) is 6.54 Å². The van der Waals surface area contributed by atoms with E-state index in [9.17, 15) is 4.79 Å². The molecule has 0 atom stereocenters. The summed E-state index contributed by atoms with van der Waals surface area (Å²) in [7, 11) is 3.23. The average Bonchev–Trinajstić information content (AvgIpc) is 3.32. The van der Waals surface area contributed by atoms with Crippen LogP contribution < -0.4 is 14.8 Å². The van der Waals surface area contributed by atoms with E-state index in [0.29, 0.717) is 28.6 Å². The molecule has 1 aromatic heterocycles. The quantitative estimate of drug-likeness (QED) is 0.360. The minimum absolute atomic E-state index is 0.156. The first-order valence-corrected chi connectivity index (χ1v) is 11.1. The Morgan fingerprint density at radius 2 is 1.72 bits per heavy atom. The molecule has 0 bridgehead atoms. The molecule has 4 rings (SSSR count). The Morgan fingerprint density at radius 1 is 0.969 bits per heavy atom. The van der Waals surface area contributed by atoms with Crippen molar-refractivity contribution in [2.45, 2.75) is 6.54 Å². The van der Waals surface area contributed by atoms with E-state index in [1.165, 1.54) is 0 Å². The van der Waals surface area contributed by atoms with Crippen molar-refractivity contribution >= 4 is 28.8 Å². The first-order chi connectivity index (χ1) is 15.6. The van der Waals surface area contributed by atoms with Crippen LogP contribution >= 0.6 is 22.9 Å². The molecule has 0 fully saturated rings. The second-order valence-electron chi connectivity index (χ2n) is 7.00. The molecule has 5 nitrogen and oxygen atoms in total. The van der Waals surface area contributed by atoms with E-state index < -0.39 is 0 Å². The van der Waals surface area contributed by atoms with Crippen molar-refractivity contribution in [1.82, 2.24) is 10.3 Å². The zero-order chi connectivity index (χ0) is 22.5. The topological polar surface area (TPSA) is 60.5 Å². The lowest BCUT2D eigenvalue weighted by Gasteiger charge is -2.08. The van der Waals surface area contributed by atoms with Gasteiger partial charge in [-0.3, -0.25) is 4.79 Å². The van der Waals surface area contributed by atoms with Gasteiger partial charge in [0.15, 0.2) is 11.5 Å². The predicted octanol–water partition coefficient (Wildman–Crippen LogP) is 6.08. The zero-order valence-electron chi connectivity index (χ0n) is 17.6. The van der Waals surface area contributed by atoms with Crippen molar-refractivity contribution < 1.29 is 14.3 Å². The Morgan fingerprint density at radius 3 is 2.44 bits per heavy atom. The Labute approximate surface area is 195 Å². The summed E-state index contributed by atoms with van der Waals surface area (Å²) >= 11 is 7.53. The van der Waals surface area contributed by atoms with Crippen molar-refractivity contribution in [1.29, 1.82) is 0 Å². The molecule has 0 aliphatic rings. The lowest BCUT2D eigenvalue weighted by molar-refractivity contribution is 0.0951. The van der Waals surface area contributed by atoms with Crippen molar-refractivity contribution in [3.05, 3.63) is 88.3 Å². The van der Waals surface area contributed by atoms with Crippen molar-refractivity contribution in [3.63, 3.8) is 0 Å². The number of hydrogen-bond acceptors (Lipinski definition) is 5. The maximum absolute atomic E-state index is 12.3. The molecule has 0 saturated carbocycles. The highest BCUT2D eigenvalue weighted by Gasteiger charge is 2.11. The fourth-order valence-corrected chi connectivity index (χ4v) is 4.24. The van der Waals surface area contributed by atoms with Crippen LogP contribution in [0, 0.1) is 0 Å². The smallest absolute Gasteiger partial charge is 0.251 e. The number of methoxy groups -OCH3 is 2. The van der Waals surface area contributed by atoms with Crippen LogP contribution in [0.4, 0.5) is 0 Å². The molecule has 0 radical (unpaired) electrons. The average molecular weight is 465 g/mol. The SMILES string of the molecule is COc1ccc(-c2csc(-c3ccc(CNC(=O)c4cccc(Cl)c4)cc3)n2)cc1OC. The Bertz CT molecular complexity index is 1240. The number of carbonyl (C=O) groups is 1. The normalized spacial score (nSPS) is 10.6. The number of nitrogens with zero attached hydrogens (tertiary/aromatic N) is 1.